The highest BCUT2D eigenvalue weighted by Crippen LogP contribution is 2.47. The second-order valence-corrected chi connectivity index (χ2v) is 8.49. The van der Waals surface area contributed by atoms with Crippen molar-refractivity contribution in [1.82, 2.24) is 0 Å². The minimum Gasteiger partial charge on any atom is -0.487 e. The molecule has 1 amide bonds. The van der Waals surface area contributed by atoms with E-state index in [0.717, 1.165) is 60.3 Å². The number of nitrogens with one attached hydrogen (secondary N) is 1. The van der Waals surface area contributed by atoms with E-state index < -0.39 is 23.1 Å². The molecule has 0 radical (unpaired) electrons. The maximum atomic E-state index is 13.8. The van der Waals surface area contributed by atoms with Crippen LogP contribution in [0.15, 0.2) is 54.6 Å². The summed E-state index contributed by atoms with van der Waals surface area (Å²) < 4.78 is 34.2. The first-order valence-corrected chi connectivity index (χ1v) is 10.6. The van der Waals surface area contributed by atoms with E-state index in [4.69, 9.17) is 4.74 Å². The van der Waals surface area contributed by atoms with Gasteiger partial charge in [0, 0.05) is 5.69 Å². The lowest BCUT2D eigenvalue weighted by atomic mass is 9.74. The summed E-state index contributed by atoms with van der Waals surface area (Å²) in [5.41, 5.74) is 4.37. The Morgan fingerprint density at radius 1 is 0.968 bits per heavy atom. The van der Waals surface area contributed by atoms with Crippen molar-refractivity contribution in [2.75, 3.05) is 5.32 Å². The van der Waals surface area contributed by atoms with E-state index >= 15 is 0 Å². The van der Waals surface area contributed by atoms with Gasteiger partial charge in [0.1, 0.15) is 28.5 Å². The number of anilines is 1. The number of halogens is 2. The number of carbonyl (C=O) groups is 1. The average molecular weight is 419 g/mol. The monoisotopic (exact) mass is 419 g/mol. The van der Waals surface area contributed by atoms with Crippen molar-refractivity contribution in [1.29, 1.82) is 0 Å². The molecule has 158 valence electrons. The molecule has 1 N–H and O–H groups in total. The van der Waals surface area contributed by atoms with Gasteiger partial charge in [-0.05, 0) is 85.5 Å². The summed E-state index contributed by atoms with van der Waals surface area (Å²) in [6.07, 6.45) is 5.64. The third-order valence-electron chi connectivity index (χ3n) is 6.56. The Balaban J connectivity index is 1.38. The fourth-order valence-electron chi connectivity index (χ4n) is 4.59. The molecule has 3 aromatic rings. The normalized spacial score (nSPS) is 16.2. The van der Waals surface area contributed by atoms with Crippen molar-refractivity contribution in [3.8, 4) is 16.9 Å². The van der Waals surface area contributed by atoms with Gasteiger partial charge in [0.2, 0.25) is 0 Å². The summed E-state index contributed by atoms with van der Waals surface area (Å²) >= 11 is 0. The molecule has 1 spiro atoms. The van der Waals surface area contributed by atoms with Gasteiger partial charge in [-0.3, -0.25) is 4.79 Å². The van der Waals surface area contributed by atoms with E-state index in [9.17, 15) is 13.6 Å². The summed E-state index contributed by atoms with van der Waals surface area (Å²) in [5, 5.41) is 2.57. The maximum Gasteiger partial charge on any atom is 0.261 e. The molecule has 3 aromatic carbocycles. The van der Waals surface area contributed by atoms with Gasteiger partial charge in [0.25, 0.3) is 5.91 Å². The molecule has 5 heteroatoms. The zero-order valence-electron chi connectivity index (χ0n) is 17.3. The first-order valence-electron chi connectivity index (χ1n) is 10.6. The summed E-state index contributed by atoms with van der Waals surface area (Å²) in [6, 6.07) is 14.9. The van der Waals surface area contributed by atoms with Crippen LogP contribution < -0.4 is 10.1 Å². The van der Waals surface area contributed by atoms with Gasteiger partial charge in [-0.15, -0.1) is 0 Å². The molecule has 0 bridgehead atoms. The van der Waals surface area contributed by atoms with E-state index in [1.54, 1.807) is 12.1 Å². The van der Waals surface area contributed by atoms with Crippen molar-refractivity contribution in [3.63, 3.8) is 0 Å². The molecule has 31 heavy (non-hydrogen) atoms. The molecule has 1 fully saturated rings. The second-order valence-electron chi connectivity index (χ2n) is 8.49. The van der Waals surface area contributed by atoms with Crippen molar-refractivity contribution in [2.45, 2.75) is 44.6 Å². The van der Waals surface area contributed by atoms with Crippen LogP contribution in [0.25, 0.3) is 11.1 Å². The molecule has 1 aliphatic carbocycles. The number of amides is 1. The van der Waals surface area contributed by atoms with E-state index in [1.165, 1.54) is 18.1 Å². The minimum absolute atomic E-state index is 0.0342. The molecular formula is C26H23F2NO2. The molecule has 3 nitrogen and oxygen atoms in total. The van der Waals surface area contributed by atoms with Crippen molar-refractivity contribution < 1.29 is 18.3 Å². The largest absolute Gasteiger partial charge is 0.487 e. The van der Waals surface area contributed by atoms with Crippen LogP contribution in [0.1, 0.15) is 47.2 Å². The highest BCUT2D eigenvalue weighted by atomic mass is 19.1. The average Bonchev–Trinajstić information content (AvgIpc) is 2.73. The molecule has 1 aliphatic heterocycles. The fraction of sp³-hybridized carbons (Fsp3) is 0.269. The van der Waals surface area contributed by atoms with Crippen LogP contribution >= 0.6 is 0 Å². The number of fused-ring (bicyclic) bond motifs is 1. The smallest absolute Gasteiger partial charge is 0.261 e. The minimum atomic E-state index is -0.886. The zero-order chi connectivity index (χ0) is 21.6. The van der Waals surface area contributed by atoms with Crippen LogP contribution in [0.3, 0.4) is 0 Å². The van der Waals surface area contributed by atoms with Gasteiger partial charge < -0.3 is 10.1 Å². The van der Waals surface area contributed by atoms with E-state index in [2.05, 4.69) is 24.4 Å². The van der Waals surface area contributed by atoms with Crippen LogP contribution in [-0.4, -0.2) is 11.5 Å². The van der Waals surface area contributed by atoms with Gasteiger partial charge in [-0.1, -0.05) is 30.3 Å². The molecule has 1 saturated carbocycles. The van der Waals surface area contributed by atoms with Gasteiger partial charge in [0.15, 0.2) is 0 Å². The Labute approximate surface area is 180 Å². The molecule has 0 unspecified atom stereocenters. The van der Waals surface area contributed by atoms with E-state index in [0.29, 0.717) is 5.69 Å². The van der Waals surface area contributed by atoms with Crippen molar-refractivity contribution >= 4 is 11.6 Å². The Morgan fingerprint density at radius 3 is 2.32 bits per heavy atom. The highest BCUT2D eigenvalue weighted by molar-refractivity contribution is 6.04. The zero-order valence-corrected chi connectivity index (χ0v) is 17.3. The standard InChI is InChI=1S/C26H23F2NO2/c1-16-20(11-8-18-12-15-26(13-3-14-26)31-24(16)18)17-6-9-19(10-7-17)29-25(30)23-21(27)4-2-5-22(23)28/h2,4-11H,3,12-15H2,1H3,(H,29,30). The van der Waals surface area contributed by atoms with Gasteiger partial charge >= 0.3 is 0 Å². The Morgan fingerprint density at radius 2 is 1.68 bits per heavy atom. The molecule has 2 aliphatic rings. The van der Waals surface area contributed by atoms with Gasteiger partial charge in [-0.25, -0.2) is 8.78 Å². The number of benzene rings is 3. The Bertz CT molecular complexity index is 1150. The van der Waals surface area contributed by atoms with Crippen molar-refractivity contribution in [2.24, 2.45) is 0 Å². The predicted octanol–water partition coefficient (Wildman–Crippen LogP) is 6.44. The number of hydrogen-bond donors (Lipinski definition) is 1. The maximum absolute atomic E-state index is 13.8. The van der Waals surface area contributed by atoms with Crippen molar-refractivity contribution in [3.05, 3.63) is 82.9 Å². The second kappa shape index (κ2) is 7.49. The molecule has 1 heterocycles. The topological polar surface area (TPSA) is 38.3 Å². The lowest BCUT2D eigenvalue weighted by molar-refractivity contribution is -0.0254. The summed E-state index contributed by atoms with van der Waals surface area (Å²) in [5.74, 6) is -1.57. The van der Waals surface area contributed by atoms with Crippen LogP contribution in [0.5, 0.6) is 5.75 Å². The highest BCUT2D eigenvalue weighted by Gasteiger charge is 2.42. The van der Waals surface area contributed by atoms with Gasteiger partial charge in [0.05, 0.1) is 0 Å². The summed E-state index contributed by atoms with van der Waals surface area (Å²) in [6.45, 7) is 2.09. The number of carbonyl (C=O) groups excluding carboxylic acids is 1. The fourth-order valence-corrected chi connectivity index (χ4v) is 4.59. The number of hydrogen-bond acceptors (Lipinski definition) is 2. The van der Waals surface area contributed by atoms with Gasteiger partial charge in [-0.2, -0.15) is 0 Å². The number of ether oxygens (including phenoxy) is 1. The Hall–Kier alpha value is -3.21. The quantitative estimate of drug-likeness (QED) is 0.530. The molecule has 5 rings (SSSR count). The van der Waals surface area contributed by atoms with Crippen LogP contribution in [0.4, 0.5) is 14.5 Å². The number of rotatable bonds is 3. The van der Waals surface area contributed by atoms with E-state index in [-0.39, 0.29) is 5.60 Å². The third-order valence-corrected chi connectivity index (χ3v) is 6.56. The van der Waals surface area contributed by atoms with Crippen LogP contribution in [0, 0.1) is 18.6 Å². The lowest BCUT2D eigenvalue weighted by Crippen LogP contribution is -2.45. The lowest BCUT2D eigenvalue weighted by Gasteiger charge is -2.46. The molecule has 0 saturated heterocycles. The van der Waals surface area contributed by atoms with Crippen LogP contribution in [0.2, 0.25) is 0 Å². The molecular weight excluding hydrogens is 396 g/mol. The first-order chi connectivity index (χ1) is 15.0. The number of aryl methyl sites for hydroxylation is 1. The Kier molecular flexibility index (Phi) is 4.77. The third kappa shape index (κ3) is 3.48. The first kappa shape index (κ1) is 19.7. The SMILES string of the molecule is Cc1c(-c2ccc(NC(=O)c3c(F)cccc3F)cc2)ccc2c1OC1(CCC1)CC2. The molecule has 0 aromatic heterocycles. The summed E-state index contributed by atoms with van der Waals surface area (Å²) in [4.78, 5) is 12.3. The summed E-state index contributed by atoms with van der Waals surface area (Å²) in [7, 11) is 0. The predicted molar refractivity (Wildman–Crippen MR) is 116 cm³/mol. The molecule has 0 atom stereocenters. The van der Waals surface area contributed by atoms with Crippen LogP contribution in [-0.2, 0) is 6.42 Å². The van der Waals surface area contributed by atoms with E-state index in [1.807, 2.05) is 12.1 Å².